The zero-order valence-electron chi connectivity index (χ0n) is 22.3. The number of hydrogen-bond acceptors (Lipinski definition) is 3. The zero-order valence-corrected chi connectivity index (χ0v) is 22.3. The van der Waals surface area contributed by atoms with Crippen LogP contribution in [0.2, 0.25) is 0 Å². The summed E-state index contributed by atoms with van der Waals surface area (Å²) in [5.41, 5.74) is 3.57. The van der Waals surface area contributed by atoms with E-state index in [4.69, 9.17) is 9.72 Å². The van der Waals surface area contributed by atoms with Gasteiger partial charge in [-0.15, -0.1) is 0 Å². The highest BCUT2D eigenvalue weighted by Gasteiger charge is 2.11. The summed E-state index contributed by atoms with van der Waals surface area (Å²) in [5, 5.41) is 0. The minimum Gasteiger partial charge on any atom is -0.493 e. The topological polar surface area (TPSA) is 35.0 Å². The first-order chi connectivity index (χ1) is 17.7. The fourth-order valence-electron chi connectivity index (χ4n) is 4.48. The molecule has 4 heteroatoms. The molecule has 36 heavy (non-hydrogen) atoms. The number of nitrogens with zero attached hydrogens (tertiary/aromatic N) is 2. The summed E-state index contributed by atoms with van der Waals surface area (Å²) >= 11 is 0. The molecule has 0 N–H and O–H groups in total. The minimum absolute atomic E-state index is 0.357. The van der Waals surface area contributed by atoms with Crippen LogP contribution in [0.5, 0.6) is 5.75 Å². The highest BCUT2D eigenvalue weighted by atomic mass is 19.1. The van der Waals surface area contributed by atoms with Crippen molar-refractivity contribution in [1.29, 1.82) is 0 Å². The Morgan fingerprint density at radius 2 is 1.47 bits per heavy atom. The van der Waals surface area contributed by atoms with Crippen LogP contribution in [0, 0.1) is 5.82 Å². The predicted octanol–water partition coefficient (Wildman–Crippen LogP) is 9.59. The number of rotatable bonds is 17. The summed E-state index contributed by atoms with van der Waals surface area (Å²) in [6.45, 7) is 5.09. The van der Waals surface area contributed by atoms with E-state index < -0.39 is 0 Å². The number of aryl methyl sites for hydroxylation is 1. The molecule has 0 unspecified atom stereocenters. The molecule has 1 heterocycles. The molecule has 3 nitrogen and oxygen atoms in total. The van der Waals surface area contributed by atoms with Gasteiger partial charge >= 0.3 is 0 Å². The van der Waals surface area contributed by atoms with Gasteiger partial charge in [0.05, 0.1) is 17.9 Å². The first-order valence-corrected chi connectivity index (χ1v) is 14.1. The van der Waals surface area contributed by atoms with Crippen LogP contribution in [0.25, 0.3) is 22.6 Å². The smallest absolute Gasteiger partial charge is 0.162 e. The third-order valence-electron chi connectivity index (χ3n) is 6.65. The quantitative estimate of drug-likeness (QED) is 0.177. The third-order valence-corrected chi connectivity index (χ3v) is 6.65. The van der Waals surface area contributed by atoms with Gasteiger partial charge in [-0.25, -0.2) is 14.4 Å². The van der Waals surface area contributed by atoms with Crippen LogP contribution in [0.15, 0.2) is 54.7 Å². The number of unbranched alkanes of at least 4 members (excludes halogenated alkanes) is 10. The molecule has 0 aliphatic rings. The number of halogens is 1. The van der Waals surface area contributed by atoms with E-state index in [1.165, 1.54) is 75.8 Å². The van der Waals surface area contributed by atoms with E-state index in [0.29, 0.717) is 23.7 Å². The van der Waals surface area contributed by atoms with Gasteiger partial charge in [-0.05, 0) is 49.1 Å². The summed E-state index contributed by atoms with van der Waals surface area (Å²) < 4.78 is 20.7. The van der Waals surface area contributed by atoms with Crippen LogP contribution in [-0.2, 0) is 6.42 Å². The fourth-order valence-corrected chi connectivity index (χ4v) is 4.48. The molecule has 3 aromatic rings. The van der Waals surface area contributed by atoms with Crippen LogP contribution in [0.3, 0.4) is 0 Å². The molecule has 0 fully saturated rings. The lowest BCUT2D eigenvalue weighted by atomic mass is 10.0. The van der Waals surface area contributed by atoms with E-state index in [1.54, 1.807) is 12.3 Å². The van der Waals surface area contributed by atoms with Crippen molar-refractivity contribution in [2.24, 2.45) is 0 Å². The first kappa shape index (κ1) is 27.8. The second-order valence-corrected chi connectivity index (χ2v) is 9.74. The summed E-state index contributed by atoms with van der Waals surface area (Å²) in [6.07, 6.45) is 17.8. The van der Waals surface area contributed by atoms with Crippen LogP contribution in [0.4, 0.5) is 4.39 Å². The first-order valence-electron chi connectivity index (χ1n) is 14.1. The Kier molecular flexibility index (Phi) is 12.4. The molecule has 2 aromatic carbocycles. The van der Waals surface area contributed by atoms with Crippen LogP contribution >= 0.6 is 0 Å². The Labute approximate surface area is 217 Å². The Hall–Kier alpha value is -2.75. The molecule has 0 atom stereocenters. The lowest BCUT2D eigenvalue weighted by Gasteiger charge is -2.09. The van der Waals surface area contributed by atoms with E-state index >= 15 is 0 Å². The average Bonchev–Trinajstić information content (AvgIpc) is 2.90. The SMILES string of the molecule is CCCCCCCCOc1ccc(-c2nccc(-c3cccc(CCCCCCCC)c3)n2)c(F)c1. The van der Waals surface area contributed by atoms with Crippen molar-refractivity contribution >= 4 is 0 Å². The molecule has 0 aliphatic heterocycles. The van der Waals surface area contributed by atoms with Gasteiger partial charge in [-0.1, -0.05) is 96.3 Å². The Morgan fingerprint density at radius 3 is 2.22 bits per heavy atom. The van der Waals surface area contributed by atoms with E-state index in [0.717, 1.165) is 30.5 Å². The molecule has 0 amide bonds. The van der Waals surface area contributed by atoms with Crippen molar-refractivity contribution in [3.63, 3.8) is 0 Å². The largest absolute Gasteiger partial charge is 0.493 e. The van der Waals surface area contributed by atoms with E-state index in [2.05, 4.69) is 43.1 Å². The lowest BCUT2D eigenvalue weighted by Crippen LogP contribution is -1.99. The minimum atomic E-state index is -0.357. The van der Waals surface area contributed by atoms with Gasteiger partial charge in [0, 0.05) is 17.8 Å². The molecule has 0 radical (unpaired) electrons. The second kappa shape index (κ2) is 16.1. The van der Waals surface area contributed by atoms with E-state index in [1.807, 2.05) is 12.1 Å². The summed E-state index contributed by atoms with van der Waals surface area (Å²) in [5.74, 6) is 0.599. The van der Waals surface area contributed by atoms with Gasteiger partial charge in [0.25, 0.3) is 0 Å². The zero-order chi connectivity index (χ0) is 25.4. The van der Waals surface area contributed by atoms with Gasteiger partial charge in [0.15, 0.2) is 5.82 Å². The normalized spacial score (nSPS) is 11.1. The molecular weight excluding hydrogens is 447 g/mol. The van der Waals surface area contributed by atoms with Crippen molar-refractivity contribution in [3.8, 4) is 28.4 Å². The summed E-state index contributed by atoms with van der Waals surface area (Å²) in [4.78, 5) is 9.05. The summed E-state index contributed by atoms with van der Waals surface area (Å²) in [7, 11) is 0. The van der Waals surface area contributed by atoms with Crippen molar-refractivity contribution < 1.29 is 9.13 Å². The number of hydrogen-bond donors (Lipinski definition) is 0. The highest BCUT2D eigenvalue weighted by Crippen LogP contribution is 2.26. The van der Waals surface area contributed by atoms with E-state index in [9.17, 15) is 4.39 Å². The average molecular weight is 491 g/mol. The molecule has 3 rings (SSSR count). The third kappa shape index (κ3) is 9.37. The van der Waals surface area contributed by atoms with Gasteiger partial charge in [0.2, 0.25) is 0 Å². The monoisotopic (exact) mass is 490 g/mol. The van der Waals surface area contributed by atoms with Crippen molar-refractivity contribution in [1.82, 2.24) is 9.97 Å². The number of aromatic nitrogens is 2. The molecule has 0 saturated carbocycles. The molecular formula is C32H43FN2O. The molecule has 0 saturated heterocycles. The Morgan fingerprint density at radius 1 is 0.750 bits per heavy atom. The summed E-state index contributed by atoms with van der Waals surface area (Å²) in [6, 6.07) is 15.4. The van der Waals surface area contributed by atoms with Crippen LogP contribution < -0.4 is 4.74 Å². The molecule has 0 spiro atoms. The number of benzene rings is 2. The fraction of sp³-hybridized carbons (Fsp3) is 0.500. The van der Waals surface area contributed by atoms with Crippen LogP contribution in [0.1, 0.15) is 96.5 Å². The molecule has 0 aliphatic carbocycles. The predicted molar refractivity (Wildman–Crippen MR) is 149 cm³/mol. The maximum atomic E-state index is 14.9. The van der Waals surface area contributed by atoms with Gasteiger partial charge in [-0.2, -0.15) is 0 Å². The maximum absolute atomic E-state index is 14.9. The molecule has 0 bridgehead atoms. The van der Waals surface area contributed by atoms with E-state index in [-0.39, 0.29) is 5.82 Å². The van der Waals surface area contributed by atoms with Gasteiger partial charge in [-0.3, -0.25) is 0 Å². The van der Waals surface area contributed by atoms with Gasteiger partial charge < -0.3 is 4.74 Å². The van der Waals surface area contributed by atoms with Crippen molar-refractivity contribution in [3.05, 3.63) is 66.1 Å². The standard InChI is InChI=1S/C32H43FN2O/c1-3-5-7-9-11-13-16-26-17-15-18-27(24-26)31-21-22-34-32(35-31)29-20-19-28(25-30(29)33)36-23-14-12-10-8-6-4-2/h15,17-22,24-25H,3-14,16,23H2,1-2H3. The van der Waals surface area contributed by atoms with Crippen LogP contribution in [-0.4, -0.2) is 16.6 Å². The molecule has 194 valence electrons. The Balaban J connectivity index is 1.57. The second-order valence-electron chi connectivity index (χ2n) is 9.74. The van der Waals surface area contributed by atoms with Crippen molar-refractivity contribution in [2.45, 2.75) is 97.3 Å². The maximum Gasteiger partial charge on any atom is 0.162 e. The van der Waals surface area contributed by atoms with Crippen molar-refractivity contribution in [2.75, 3.05) is 6.61 Å². The number of ether oxygens (including phenoxy) is 1. The Bertz CT molecular complexity index is 1040. The lowest BCUT2D eigenvalue weighted by molar-refractivity contribution is 0.303. The highest BCUT2D eigenvalue weighted by molar-refractivity contribution is 5.64. The van der Waals surface area contributed by atoms with Gasteiger partial charge in [0.1, 0.15) is 11.6 Å². The molecule has 1 aromatic heterocycles.